The smallest absolute Gasteiger partial charge is 0.0672 e. The van der Waals surface area contributed by atoms with Gasteiger partial charge in [0.05, 0.1) is 12.0 Å². The zero-order valence-electron chi connectivity index (χ0n) is 13.4. The highest BCUT2D eigenvalue weighted by atomic mass is 15.3. The Morgan fingerprint density at radius 2 is 1.80 bits per heavy atom. The lowest BCUT2D eigenvalue weighted by molar-refractivity contribution is 0.0480. The van der Waals surface area contributed by atoms with Gasteiger partial charge in [0.2, 0.25) is 0 Å². The molecule has 0 aromatic carbocycles. The van der Waals surface area contributed by atoms with E-state index in [1.54, 1.807) is 0 Å². The normalized spacial score (nSPS) is 33.0. The minimum Gasteiger partial charge on any atom is -0.301 e. The first kappa shape index (κ1) is 15.8. The van der Waals surface area contributed by atoms with Crippen molar-refractivity contribution in [1.29, 1.82) is 5.26 Å². The summed E-state index contributed by atoms with van der Waals surface area (Å²) in [7, 11) is 0. The van der Waals surface area contributed by atoms with E-state index in [1.165, 1.54) is 64.8 Å². The zero-order valence-corrected chi connectivity index (χ0v) is 13.4. The highest BCUT2D eigenvalue weighted by Gasteiger charge is 2.35. The molecule has 0 N–H and O–H groups in total. The van der Waals surface area contributed by atoms with Crippen LogP contribution < -0.4 is 0 Å². The van der Waals surface area contributed by atoms with Crippen LogP contribution in [0.4, 0.5) is 0 Å². The lowest BCUT2D eigenvalue weighted by Crippen LogP contribution is -2.53. The van der Waals surface area contributed by atoms with Gasteiger partial charge in [-0.2, -0.15) is 5.26 Å². The Bertz CT molecular complexity index is 315. The van der Waals surface area contributed by atoms with Gasteiger partial charge < -0.3 is 4.90 Å². The second kappa shape index (κ2) is 8.00. The molecule has 2 aliphatic rings. The lowest BCUT2D eigenvalue weighted by atomic mass is 9.76. The van der Waals surface area contributed by atoms with Crippen molar-refractivity contribution in [3.05, 3.63) is 0 Å². The number of hydrogen-bond donors (Lipinski definition) is 0. The second-order valence-corrected chi connectivity index (χ2v) is 6.65. The molecule has 0 spiro atoms. The van der Waals surface area contributed by atoms with Gasteiger partial charge in [0.1, 0.15) is 0 Å². The van der Waals surface area contributed by atoms with Gasteiger partial charge in [0.15, 0.2) is 0 Å². The topological polar surface area (TPSA) is 30.3 Å². The fourth-order valence-corrected chi connectivity index (χ4v) is 4.09. The Hall–Kier alpha value is -0.590. The SMILES string of the molecule is CCCC1CCC(C#N)C(N2CCN(CCC)CC2)C1. The van der Waals surface area contributed by atoms with Crippen molar-refractivity contribution in [2.24, 2.45) is 11.8 Å². The molecule has 0 aromatic rings. The van der Waals surface area contributed by atoms with E-state index in [2.05, 4.69) is 29.7 Å². The third-order valence-electron chi connectivity index (χ3n) is 5.20. The summed E-state index contributed by atoms with van der Waals surface area (Å²) in [6.45, 7) is 10.5. The molecule has 2 fully saturated rings. The molecule has 3 heteroatoms. The van der Waals surface area contributed by atoms with Gasteiger partial charge in [-0.15, -0.1) is 0 Å². The maximum Gasteiger partial charge on any atom is 0.0672 e. The van der Waals surface area contributed by atoms with Crippen molar-refractivity contribution < 1.29 is 0 Å². The first-order valence-electron chi connectivity index (χ1n) is 8.64. The number of piperazine rings is 1. The number of hydrogen-bond acceptors (Lipinski definition) is 3. The van der Waals surface area contributed by atoms with Gasteiger partial charge in [0.25, 0.3) is 0 Å². The summed E-state index contributed by atoms with van der Waals surface area (Å²) >= 11 is 0. The molecular weight excluding hydrogens is 246 g/mol. The Labute approximate surface area is 124 Å². The first-order valence-corrected chi connectivity index (χ1v) is 8.64. The molecule has 1 aliphatic heterocycles. The van der Waals surface area contributed by atoms with Crippen molar-refractivity contribution in [2.45, 2.75) is 58.4 Å². The average molecular weight is 277 g/mol. The maximum atomic E-state index is 9.46. The minimum absolute atomic E-state index is 0.279. The van der Waals surface area contributed by atoms with E-state index in [0.29, 0.717) is 6.04 Å². The van der Waals surface area contributed by atoms with Crippen molar-refractivity contribution in [1.82, 2.24) is 9.80 Å². The van der Waals surface area contributed by atoms with Crippen LogP contribution in [0.2, 0.25) is 0 Å². The van der Waals surface area contributed by atoms with E-state index in [1.807, 2.05) is 0 Å². The summed E-state index contributed by atoms with van der Waals surface area (Å²) in [6, 6.07) is 3.13. The van der Waals surface area contributed by atoms with Crippen LogP contribution in [0.25, 0.3) is 0 Å². The van der Waals surface area contributed by atoms with Crippen molar-refractivity contribution in [3.63, 3.8) is 0 Å². The van der Waals surface area contributed by atoms with Crippen LogP contribution in [0.5, 0.6) is 0 Å². The summed E-state index contributed by atoms with van der Waals surface area (Å²) < 4.78 is 0. The highest BCUT2D eigenvalue weighted by Crippen LogP contribution is 2.34. The Kier molecular flexibility index (Phi) is 6.32. The van der Waals surface area contributed by atoms with E-state index in [4.69, 9.17) is 0 Å². The predicted octanol–water partition coefficient (Wildman–Crippen LogP) is 3.12. The van der Waals surface area contributed by atoms with Crippen LogP contribution >= 0.6 is 0 Å². The molecule has 3 atom stereocenters. The average Bonchev–Trinajstić information content (AvgIpc) is 2.49. The quantitative estimate of drug-likeness (QED) is 0.773. The van der Waals surface area contributed by atoms with Crippen molar-refractivity contribution >= 4 is 0 Å². The van der Waals surface area contributed by atoms with Crippen LogP contribution in [0.3, 0.4) is 0 Å². The number of rotatable bonds is 5. The highest BCUT2D eigenvalue weighted by molar-refractivity contribution is 4.98. The van der Waals surface area contributed by atoms with Gasteiger partial charge in [-0.1, -0.05) is 26.7 Å². The fourth-order valence-electron chi connectivity index (χ4n) is 4.09. The number of nitriles is 1. The van der Waals surface area contributed by atoms with Crippen molar-refractivity contribution in [3.8, 4) is 6.07 Å². The number of nitrogens with zero attached hydrogens (tertiary/aromatic N) is 3. The van der Waals surface area contributed by atoms with Crippen molar-refractivity contribution in [2.75, 3.05) is 32.7 Å². The summed E-state index contributed by atoms with van der Waals surface area (Å²) in [4.78, 5) is 5.20. The van der Waals surface area contributed by atoms with Crippen LogP contribution in [0, 0.1) is 23.2 Å². The molecule has 0 bridgehead atoms. The first-order chi connectivity index (χ1) is 9.78. The maximum absolute atomic E-state index is 9.46. The Morgan fingerprint density at radius 1 is 1.05 bits per heavy atom. The third-order valence-corrected chi connectivity index (χ3v) is 5.20. The molecule has 1 saturated carbocycles. The molecular formula is C17H31N3. The standard InChI is InChI=1S/C17H31N3/c1-3-5-15-6-7-16(14-18)17(13-15)20-11-9-19(8-4-2)10-12-20/h15-17H,3-13H2,1-2H3. The Balaban J connectivity index is 1.89. The molecule has 0 amide bonds. The predicted molar refractivity (Wildman–Crippen MR) is 83.4 cm³/mol. The fraction of sp³-hybridized carbons (Fsp3) is 0.941. The molecule has 1 saturated heterocycles. The van der Waals surface area contributed by atoms with Crippen LogP contribution in [0.1, 0.15) is 52.4 Å². The molecule has 1 heterocycles. The monoisotopic (exact) mass is 277 g/mol. The van der Waals surface area contributed by atoms with Crippen LogP contribution in [-0.4, -0.2) is 48.6 Å². The second-order valence-electron chi connectivity index (χ2n) is 6.65. The molecule has 0 aromatic heterocycles. The molecule has 20 heavy (non-hydrogen) atoms. The van der Waals surface area contributed by atoms with Crippen LogP contribution in [0.15, 0.2) is 0 Å². The summed E-state index contributed by atoms with van der Waals surface area (Å²) in [5, 5.41) is 9.46. The van der Waals surface area contributed by atoms with Gasteiger partial charge in [-0.3, -0.25) is 4.90 Å². The van der Waals surface area contributed by atoms with Gasteiger partial charge >= 0.3 is 0 Å². The largest absolute Gasteiger partial charge is 0.301 e. The lowest BCUT2D eigenvalue weighted by Gasteiger charge is -2.44. The van der Waals surface area contributed by atoms with Crippen LogP contribution in [-0.2, 0) is 0 Å². The van der Waals surface area contributed by atoms with E-state index >= 15 is 0 Å². The molecule has 3 unspecified atom stereocenters. The van der Waals surface area contributed by atoms with E-state index in [0.717, 1.165) is 12.3 Å². The third kappa shape index (κ3) is 3.96. The Morgan fingerprint density at radius 3 is 2.40 bits per heavy atom. The minimum atomic E-state index is 0.279. The summed E-state index contributed by atoms with van der Waals surface area (Å²) in [5.74, 6) is 1.14. The molecule has 0 radical (unpaired) electrons. The van der Waals surface area contributed by atoms with E-state index < -0.39 is 0 Å². The molecule has 2 rings (SSSR count). The summed E-state index contributed by atoms with van der Waals surface area (Å²) in [6.07, 6.45) is 7.56. The summed E-state index contributed by atoms with van der Waals surface area (Å²) in [5.41, 5.74) is 0. The van der Waals surface area contributed by atoms with Gasteiger partial charge in [-0.05, 0) is 38.1 Å². The molecule has 114 valence electrons. The zero-order chi connectivity index (χ0) is 14.4. The van der Waals surface area contributed by atoms with Gasteiger partial charge in [-0.25, -0.2) is 0 Å². The van der Waals surface area contributed by atoms with E-state index in [9.17, 15) is 5.26 Å². The van der Waals surface area contributed by atoms with E-state index in [-0.39, 0.29) is 5.92 Å². The molecule has 3 nitrogen and oxygen atoms in total. The molecule has 1 aliphatic carbocycles. The van der Waals surface area contributed by atoms with Gasteiger partial charge in [0, 0.05) is 32.2 Å².